The predicted octanol–water partition coefficient (Wildman–Crippen LogP) is 3.47. The molecule has 10 heavy (non-hydrogen) atoms. The first-order chi connectivity index (χ1) is 4.90. The van der Waals surface area contributed by atoms with Crippen molar-refractivity contribution >= 4 is 46.8 Å². The molecule has 1 unspecified atom stereocenters. The van der Waals surface area contributed by atoms with Crippen LogP contribution in [0.15, 0.2) is 21.8 Å². The first kappa shape index (κ1) is 7.40. The van der Waals surface area contributed by atoms with Crippen molar-refractivity contribution in [1.82, 2.24) is 0 Å². The molecular weight excluding hydrogens is 200 g/mol. The van der Waals surface area contributed by atoms with E-state index in [1.54, 1.807) is 0 Å². The van der Waals surface area contributed by atoms with E-state index in [2.05, 4.69) is 23.8 Å². The average molecular weight is 206 g/mol. The van der Waals surface area contributed by atoms with Crippen LogP contribution in [0.25, 0.3) is 0 Å². The summed E-state index contributed by atoms with van der Waals surface area (Å²) in [6.07, 6.45) is 6.66. The van der Waals surface area contributed by atoms with Crippen molar-refractivity contribution in [3.63, 3.8) is 0 Å². The molecular formula is C6H6S4. The topological polar surface area (TPSA) is 0 Å². The van der Waals surface area contributed by atoms with E-state index >= 15 is 0 Å². The van der Waals surface area contributed by atoms with E-state index in [4.69, 9.17) is 0 Å². The van der Waals surface area contributed by atoms with Crippen LogP contribution >= 0.6 is 41.9 Å². The standard InChI is InChI=1S/C6H6S4/c1-7-6-4-5-2-3-8-10(5)9-6/h2-4H,1H3. The molecule has 2 aliphatic heterocycles. The Hall–Kier alpha value is 0.750. The van der Waals surface area contributed by atoms with Gasteiger partial charge in [-0.05, 0) is 34.6 Å². The van der Waals surface area contributed by atoms with Crippen molar-refractivity contribution in [2.24, 2.45) is 0 Å². The van der Waals surface area contributed by atoms with Crippen LogP contribution in [0.5, 0.6) is 0 Å². The third kappa shape index (κ3) is 1.22. The van der Waals surface area contributed by atoms with Crippen LogP contribution in [-0.2, 0) is 0 Å². The molecule has 0 nitrogen and oxygen atoms in total. The van der Waals surface area contributed by atoms with E-state index in [0.29, 0.717) is 8.55 Å². The summed E-state index contributed by atoms with van der Waals surface area (Å²) in [6, 6.07) is 0. The molecule has 1 atom stereocenters. The van der Waals surface area contributed by atoms with E-state index in [9.17, 15) is 0 Å². The molecule has 4 heteroatoms. The maximum absolute atomic E-state index is 2.30. The van der Waals surface area contributed by atoms with Crippen LogP contribution in [0.1, 0.15) is 0 Å². The van der Waals surface area contributed by atoms with Crippen LogP contribution in [0.4, 0.5) is 0 Å². The summed E-state index contributed by atoms with van der Waals surface area (Å²) >= 11 is 1.85. The number of thioether (sulfide) groups is 1. The number of allylic oxidation sites excluding steroid dienone is 2. The third-order valence-electron chi connectivity index (χ3n) is 1.19. The van der Waals surface area contributed by atoms with Crippen molar-refractivity contribution in [3.8, 4) is 0 Å². The Bertz CT molecular complexity index is 248. The highest BCUT2D eigenvalue weighted by molar-refractivity contribution is 9.18. The summed E-state index contributed by atoms with van der Waals surface area (Å²) in [5, 5.41) is 2.19. The molecule has 2 rings (SSSR count). The molecule has 0 saturated carbocycles. The van der Waals surface area contributed by atoms with E-state index in [0.717, 1.165) is 0 Å². The predicted molar refractivity (Wildman–Crippen MR) is 58.5 cm³/mol. The molecule has 0 aromatic heterocycles. The molecule has 0 aromatic rings. The molecule has 0 radical (unpaired) electrons. The SMILES string of the molecule is CSC1=CC2=S(SC=C2)S1. The van der Waals surface area contributed by atoms with Crippen LogP contribution in [0.2, 0.25) is 0 Å². The smallest absolute Gasteiger partial charge is 0.0522 e. The van der Waals surface area contributed by atoms with E-state index in [-0.39, 0.29) is 0 Å². The second kappa shape index (κ2) is 3.01. The lowest BCUT2D eigenvalue weighted by atomic mass is 10.4. The van der Waals surface area contributed by atoms with Crippen LogP contribution in [-0.4, -0.2) is 11.1 Å². The molecule has 0 amide bonds. The quantitative estimate of drug-likeness (QED) is 0.476. The van der Waals surface area contributed by atoms with Gasteiger partial charge in [0, 0.05) is 4.86 Å². The number of rotatable bonds is 1. The molecule has 2 heterocycles. The Morgan fingerprint density at radius 3 is 3.20 bits per heavy atom. The molecule has 0 saturated heterocycles. The second-order valence-electron chi connectivity index (χ2n) is 1.79. The summed E-state index contributed by atoms with van der Waals surface area (Å²) in [7, 11) is 4.36. The average Bonchev–Trinajstić information content (AvgIpc) is 2.42. The monoisotopic (exact) mass is 206 g/mol. The minimum Gasteiger partial charge on any atom is -0.122 e. The third-order valence-corrected chi connectivity index (χ3v) is 8.59. The molecule has 0 N–H and O–H groups in total. The highest BCUT2D eigenvalue weighted by Crippen LogP contribution is 2.58. The van der Waals surface area contributed by atoms with Gasteiger partial charge in [0.05, 0.1) is 4.24 Å². The molecule has 0 aromatic carbocycles. The van der Waals surface area contributed by atoms with Gasteiger partial charge < -0.3 is 0 Å². The minimum atomic E-state index is 0.428. The Morgan fingerprint density at radius 2 is 2.50 bits per heavy atom. The lowest BCUT2D eigenvalue weighted by Crippen LogP contribution is -1.75. The fourth-order valence-electron chi connectivity index (χ4n) is 0.728. The van der Waals surface area contributed by atoms with Gasteiger partial charge >= 0.3 is 0 Å². The van der Waals surface area contributed by atoms with Gasteiger partial charge in [-0.25, -0.2) is 0 Å². The normalized spacial score (nSPS) is 29.1. The summed E-state index contributed by atoms with van der Waals surface area (Å²) in [5.41, 5.74) is 0. The Kier molecular flexibility index (Phi) is 2.23. The highest BCUT2D eigenvalue weighted by atomic mass is 33.5. The van der Waals surface area contributed by atoms with Gasteiger partial charge in [0.2, 0.25) is 0 Å². The molecule has 0 aliphatic carbocycles. The van der Waals surface area contributed by atoms with Gasteiger partial charge in [-0.15, -0.1) is 11.8 Å². The lowest BCUT2D eigenvalue weighted by molar-refractivity contribution is 2.24. The van der Waals surface area contributed by atoms with E-state index in [1.165, 1.54) is 9.10 Å². The fourth-order valence-corrected chi connectivity index (χ4v) is 8.20. The summed E-state index contributed by atoms with van der Waals surface area (Å²) in [6.45, 7) is 0. The van der Waals surface area contributed by atoms with Gasteiger partial charge in [-0.1, -0.05) is 19.3 Å². The van der Waals surface area contributed by atoms with Crippen molar-refractivity contribution < 1.29 is 0 Å². The zero-order valence-corrected chi connectivity index (χ0v) is 8.63. The Labute approximate surface area is 74.6 Å². The van der Waals surface area contributed by atoms with Crippen molar-refractivity contribution in [2.75, 3.05) is 6.26 Å². The zero-order valence-electron chi connectivity index (χ0n) is 5.37. The lowest BCUT2D eigenvalue weighted by Gasteiger charge is -1.96. The van der Waals surface area contributed by atoms with Crippen molar-refractivity contribution in [3.05, 3.63) is 21.8 Å². The first-order valence-corrected chi connectivity index (χ1v) is 7.97. The van der Waals surface area contributed by atoms with Crippen LogP contribution in [0.3, 0.4) is 0 Å². The molecule has 2 aliphatic rings. The van der Waals surface area contributed by atoms with Gasteiger partial charge in [-0.3, -0.25) is 0 Å². The molecule has 54 valence electrons. The maximum Gasteiger partial charge on any atom is 0.0522 e. The highest BCUT2D eigenvalue weighted by Gasteiger charge is 2.16. The molecule has 0 spiro atoms. The first-order valence-electron chi connectivity index (χ1n) is 2.79. The van der Waals surface area contributed by atoms with Crippen molar-refractivity contribution in [1.29, 1.82) is 0 Å². The minimum absolute atomic E-state index is 0.428. The van der Waals surface area contributed by atoms with E-state index < -0.39 is 0 Å². The van der Waals surface area contributed by atoms with Gasteiger partial charge in [0.25, 0.3) is 0 Å². The summed E-state index contributed by atoms with van der Waals surface area (Å²) in [5.74, 6) is 0. The van der Waals surface area contributed by atoms with Crippen LogP contribution in [0, 0.1) is 0 Å². The molecule has 0 fully saturated rings. The van der Waals surface area contributed by atoms with E-state index in [1.807, 2.05) is 33.3 Å². The van der Waals surface area contributed by atoms with Gasteiger partial charge in [0.15, 0.2) is 0 Å². The number of hydrogen-bond donors (Lipinski definition) is 0. The maximum atomic E-state index is 2.30. The Morgan fingerprint density at radius 1 is 1.60 bits per heavy atom. The largest absolute Gasteiger partial charge is 0.122 e. The van der Waals surface area contributed by atoms with Crippen LogP contribution < -0.4 is 0 Å². The number of hydrogen-bond acceptors (Lipinski definition) is 3. The second-order valence-corrected chi connectivity index (χ2v) is 8.62. The fraction of sp³-hybridized carbons (Fsp3) is 0.167. The Balaban J connectivity index is 2.23. The van der Waals surface area contributed by atoms with Gasteiger partial charge in [0.1, 0.15) is 0 Å². The molecule has 0 bridgehead atoms. The van der Waals surface area contributed by atoms with Gasteiger partial charge in [-0.2, -0.15) is 0 Å². The summed E-state index contributed by atoms with van der Waals surface area (Å²) in [4.78, 5) is 1.51. The van der Waals surface area contributed by atoms with Crippen molar-refractivity contribution in [2.45, 2.75) is 0 Å². The summed E-state index contributed by atoms with van der Waals surface area (Å²) < 4.78 is 1.47. The zero-order chi connectivity index (χ0) is 6.97.